The predicted octanol–water partition coefficient (Wildman–Crippen LogP) is 12.6. The van der Waals surface area contributed by atoms with Crippen molar-refractivity contribution in [3.8, 4) is 63.2 Å². The number of aryl methyl sites for hydroxylation is 2. The van der Waals surface area contributed by atoms with E-state index in [-0.39, 0.29) is 0 Å². The van der Waals surface area contributed by atoms with Gasteiger partial charge in [-0.15, -0.1) is 0 Å². The number of pyridine rings is 8. The Bertz CT molecular complexity index is 2630. The zero-order valence-electron chi connectivity index (χ0n) is 39.4. The molecule has 0 aliphatic carbocycles. The summed E-state index contributed by atoms with van der Waals surface area (Å²) in [5.41, 5.74) is 12.4. The molecule has 0 spiro atoms. The van der Waals surface area contributed by atoms with Crippen molar-refractivity contribution >= 4 is 0 Å². The maximum atomic E-state index is 5.07. The Morgan fingerprint density at radius 1 is 0.277 bits per heavy atom. The van der Waals surface area contributed by atoms with Crippen LogP contribution in [-0.4, -0.2) is 61.2 Å². The second-order valence-corrected chi connectivity index (χ2v) is 15.8. The van der Waals surface area contributed by atoms with Gasteiger partial charge in [-0.3, -0.25) is 24.9 Å². The van der Waals surface area contributed by atoms with E-state index in [1.165, 1.54) is 0 Å². The van der Waals surface area contributed by atoms with E-state index in [2.05, 4.69) is 112 Å². The van der Waals surface area contributed by atoms with Gasteiger partial charge in [0.2, 0.25) is 17.6 Å². The van der Waals surface area contributed by atoms with Crippen LogP contribution in [0.2, 0.25) is 0 Å². The molecule has 0 aliphatic heterocycles. The molecule has 8 aromatic rings. The summed E-state index contributed by atoms with van der Waals surface area (Å²) in [5, 5.41) is 0. The van der Waals surface area contributed by atoms with Crippen molar-refractivity contribution in [1.29, 1.82) is 0 Å². The summed E-state index contributed by atoms with van der Waals surface area (Å²) in [6, 6.07) is 47.1. The van der Waals surface area contributed by atoms with Crippen LogP contribution < -0.4 is 14.2 Å². The molecular weight excluding hydrogens is 809 g/mol. The zero-order valence-corrected chi connectivity index (χ0v) is 39.4. The molecule has 0 N–H and O–H groups in total. The molecule has 0 bridgehead atoms. The van der Waals surface area contributed by atoms with E-state index < -0.39 is 0 Å². The van der Waals surface area contributed by atoms with Crippen LogP contribution in [0.1, 0.15) is 87.8 Å². The van der Waals surface area contributed by atoms with Gasteiger partial charge in [0.1, 0.15) is 0 Å². The van der Waals surface area contributed by atoms with E-state index >= 15 is 0 Å². The maximum absolute atomic E-state index is 5.07. The summed E-state index contributed by atoms with van der Waals surface area (Å²) >= 11 is 0. The van der Waals surface area contributed by atoms with Crippen molar-refractivity contribution in [2.45, 2.75) is 73.1 Å². The highest BCUT2D eigenvalue weighted by molar-refractivity contribution is 5.57. The third-order valence-corrected chi connectivity index (χ3v) is 9.71. The summed E-state index contributed by atoms with van der Waals surface area (Å²) < 4.78 is 15.2. The number of aromatic nitrogens is 8. The second kappa shape index (κ2) is 24.4. The number of hydrogen-bond donors (Lipinski definition) is 0. The van der Waals surface area contributed by atoms with Crippen LogP contribution in [0.3, 0.4) is 0 Å². The average molecular weight is 869 g/mol. The van der Waals surface area contributed by atoms with Gasteiger partial charge in [0.15, 0.2) is 0 Å². The molecule has 11 heteroatoms. The minimum atomic E-state index is 0.443. The van der Waals surface area contributed by atoms with Gasteiger partial charge >= 0.3 is 0 Å². The summed E-state index contributed by atoms with van der Waals surface area (Å²) in [5.74, 6) is 3.08. The summed E-state index contributed by atoms with van der Waals surface area (Å²) in [7, 11) is 4.78. The highest BCUT2D eigenvalue weighted by Crippen LogP contribution is 2.23. The van der Waals surface area contributed by atoms with Crippen LogP contribution >= 0.6 is 0 Å². The van der Waals surface area contributed by atoms with Crippen LogP contribution in [-0.2, 0) is 0 Å². The zero-order chi connectivity index (χ0) is 46.7. The Balaban J connectivity index is 0.000000163. The molecule has 8 rings (SSSR count). The number of rotatable bonds is 10. The number of methoxy groups -OCH3 is 3. The average Bonchev–Trinajstić information content (AvgIpc) is 3.34. The number of ether oxygens (including phenoxy) is 3. The molecule has 65 heavy (non-hydrogen) atoms. The molecule has 0 saturated carbocycles. The minimum Gasteiger partial charge on any atom is -0.481 e. The Labute approximate surface area is 384 Å². The fourth-order valence-corrected chi connectivity index (χ4v) is 6.13. The molecule has 0 saturated heterocycles. The minimum absolute atomic E-state index is 0.443. The van der Waals surface area contributed by atoms with Gasteiger partial charge in [0, 0.05) is 46.7 Å². The van der Waals surface area contributed by atoms with Gasteiger partial charge in [-0.2, -0.15) is 0 Å². The van der Waals surface area contributed by atoms with Crippen LogP contribution in [0.5, 0.6) is 17.6 Å². The van der Waals surface area contributed by atoms with E-state index in [1.54, 1.807) is 33.5 Å². The summed E-state index contributed by atoms with van der Waals surface area (Å²) in [6.45, 7) is 16.9. The van der Waals surface area contributed by atoms with Crippen molar-refractivity contribution < 1.29 is 14.2 Å². The second-order valence-electron chi connectivity index (χ2n) is 15.8. The van der Waals surface area contributed by atoms with Crippen molar-refractivity contribution in [2.24, 2.45) is 0 Å². The first-order valence-corrected chi connectivity index (χ1v) is 21.7. The number of hydrogen-bond acceptors (Lipinski definition) is 11. The molecule has 0 amide bonds. The topological polar surface area (TPSA) is 131 Å². The van der Waals surface area contributed by atoms with Crippen molar-refractivity contribution in [1.82, 2.24) is 39.9 Å². The molecule has 334 valence electrons. The fourth-order valence-electron chi connectivity index (χ4n) is 6.13. The SMILES string of the molecule is CC(C)c1cccc(-c2cccc(C(C)C)n2)n1.COc1cccc(-c2cccc(C)n2)n1.COc1cccc(-c2cccc(OC)n2)n1.Cc1cccc(-c2cccc(C(C)C)n2)n1. The molecule has 0 atom stereocenters. The van der Waals surface area contributed by atoms with Crippen molar-refractivity contribution in [2.75, 3.05) is 21.3 Å². The van der Waals surface area contributed by atoms with E-state index in [0.29, 0.717) is 35.4 Å². The first-order chi connectivity index (χ1) is 31.4. The van der Waals surface area contributed by atoms with Gasteiger partial charge in [-0.25, -0.2) is 15.0 Å². The third-order valence-electron chi connectivity index (χ3n) is 9.71. The predicted molar refractivity (Wildman–Crippen MR) is 261 cm³/mol. The quantitative estimate of drug-likeness (QED) is 0.130. The maximum Gasteiger partial charge on any atom is 0.213 e. The van der Waals surface area contributed by atoms with Gasteiger partial charge < -0.3 is 14.2 Å². The van der Waals surface area contributed by atoms with Gasteiger partial charge in [-0.1, -0.05) is 90.1 Å². The third kappa shape index (κ3) is 14.8. The van der Waals surface area contributed by atoms with Crippen LogP contribution in [0.4, 0.5) is 0 Å². The lowest BCUT2D eigenvalue weighted by Crippen LogP contribution is -1.98. The largest absolute Gasteiger partial charge is 0.481 e. The molecule has 0 aromatic carbocycles. The van der Waals surface area contributed by atoms with Gasteiger partial charge in [0.05, 0.1) is 66.9 Å². The molecule has 0 radical (unpaired) electrons. The van der Waals surface area contributed by atoms with Crippen LogP contribution in [0.25, 0.3) is 45.6 Å². The van der Waals surface area contributed by atoms with E-state index in [0.717, 1.165) is 74.0 Å². The first kappa shape index (κ1) is 48.6. The van der Waals surface area contributed by atoms with E-state index in [9.17, 15) is 0 Å². The Morgan fingerprint density at radius 2 is 0.492 bits per heavy atom. The van der Waals surface area contributed by atoms with Gasteiger partial charge in [-0.05, 0) is 110 Å². The summed E-state index contributed by atoms with van der Waals surface area (Å²) in [6.07, 6.45) is 0. The molecule has 8 aromatic heterocycles. The lowest BCUT2D eigenvalue weighted by atomic mass is 10.1. The highest BCUT2D eigenvalue weighted by atomic mass is 16.5. The Morgan fingerprint density at radius 3 is 0.723 bits per heavy atom. The van der Waals surface area contributed by atoms with E-state index in [1.807, 2.05) is 117 Å². The normalized spacial score (nSPS) is 10.5. The molecular formula is C54H60N8O3. The highest BCUT2D eigenvalue weighted by Gasteiger charge is 2.09. The Kier molecular flexibility index (Phi) is 18.3. The van der Waals surface area contributed by atoms with Crippen molar-refractivity contribution in [3.63, 3.8) is 0 Å². The number of nitrogens with zero attached hydrogens (tertiary/aromatic N) is 8. The molecule has 0 fully saturated rings. The molecule has 11 nitrogen and oxygen atoms in total. The first-order valence-electron chi connectivity index (χ1n) is 21.7. The molecule has 0 unspecified atom stereocenters. The van der Waals surface area contributed by atoms with Crippen LogP contribution in [0.15, 0.2) is 146 Å². The molecule has 8 heterocycles. The summed E-state index contributed by atoms with van der Waals surface area (Å²) in [4.78, 5) is 35.8. The van der Waals surface area contributed by atoms with Crippen LogP contribution in [0, 0.1) is 13.8 Å². The monoisotopic (exact) mass is 868 g/mol. The fraction of sp³-hybridized carbons (Fsp3) is 0.259. The lowest BCUT2D eigenvalue weighted by molar-refractivity contribution is 0.396. The lowest BCUT2D eigenvalue weighted by Gasteiger charge is -2.09. The van der Waals surface area contributed by atoms with Crippen molar-refractivity contribution in [3.05, 3.63) is 174 Å². The van der Waals surface area contributed by atoms with E-state index in [4.69, 9.17) is 14.2 Å². The molecule has 0 aliphatic rings. The van der Waals surface area contributed by atoms with Gasteiger partial charge in [0.25, 0.3) is 0 Å². The smallest absolute Gasteiger partial charge is 0.213 e. The standard InChI is InChI=1S/C16H20N2.C14H16N2.C12H12N2O2.C12H12N2O/c1-11(2)13-7-5-9-15(17-13)16-10-6-8-14(18-16)12(3)4;1-10(2)12-7-5-9-14(16-12)13-8-4-6-11(3)15-13;1-15-11-7-3-5-9(13-11)10-6-4-8-12(14-10)16-2;1-9-5-3-6-10(13-9)11-7-4-8-12(14-11)15-2/h5-12H,1-4H3;4-10H,1-3H3;3-8H,1-2H3;3-8H,1-2H3. The Hall–Kier alpha value is -7.40.